The highest BCUT2D eigenvalue weighted by molar-refractivity contribution is 6.34. The van der Waals surface area contributed by atoms with Crippen LogP contribution in [0.4, 0.5) is 5.69 Å². The average Bonchev–Trinajstić information content (AvgIpc) is 3.13. The van der Waals surface area contributed by atoms with Crippen molar-refractivity contribution in [2.75, 3.05) is 25.1 Å². The van der Waals surface area contributed by atoms with Gasteiger partial charge in [0.15, 0.2) is 0 Å². The first-order chi connectivity index (χ1) is 13.5. The molecule has 0 saturated carbocycles. The largest absolute Gasteiger partial charge is 0.490 e. The summed E-state index contributed by atoms with van der Waals surface area (Å²) in [5, 5.41) is 0.476. The lowest BCUT2D eigenvalue weighted by molar-refractivity contribution is -0.117. The smallest absolute Gasteiger partial charge is 0.253 e. The molecule has 5 nitrogen and oxygen atoms in total. The molecule has 0 aromatic heterocycles. The van der Waals surface area contributed by atoms with Crippen LogP contribution < -0.4 is 9.64 Å². The fraction of sp³-hybridized carbons (Fsp3) is 0.273. The Morgan fingerprint density at radius 2 is 2.04 bits per heavy atom. The number of anilines is 1. The Bertz CT molecular complexity index is 880. The number of halogens is 1. The van der Waals surface area contributed by atoms with Crippen LogP contribution in [0.25, 0.3) is 0 Å². The number of carbonyl (C=O) groups is 2. The van der Waals surface area contributed by atoms with E-state index in [0.29, 0.717) is 42.4 Å². The minimum atomic E-state index is -0.128. The van der Waals surface area contributed by atoms with Crippen LogP contribution in [0.2, 0.25) is 5.02 Å². The summed E-state index contributed by atoms with van der Waals surface area (Å²) in [7, 11) is 1.75. The fourth-order valence-electron chi connectivity index (χ4n) is 3.17. The molecule has 2 amide bonds. The predicted molar refractivity (Wildman–Crippen MR) is 111 cm³/mol. The highest BCUT2D eigenvalue weighted by atomic mass is 35.5. The van der Waals surface area contributed by atoms with Crippen LogP contribution in [0.1, 0.15) is 28.8 Å². The molecule has 2 aromatic carbocycles. The number of benzene rings is 2. The number of ether oxygens (including phenoxy) is 1. The number of hydrogen-bond donors (Lipinski definition) is 0. The van der Waals surface area contributed by atoms with Gasteiger partial charge in [-0.1, -0.05) is 36.4 Å². The van der Waals surface area contributed by atoms with Crippen molar-refractivity contribution in [3.8, 4) is 5.75 Å². The Labute approximate surface area is 170 Å². The van der Waals surface area contributed by atoms with Crippen LogP contribution in [-0.4, -0.2) is 36.9 Å². The van der Waals surface area contributed by atoms with Gasteiger partial charge in [0.2, 0.25) is 5.91 Å². The van der Waals surface area contributed by atoms with E-state index in [1.54, 1.807) is 41.1 Å². The molecule has 146 valence electrons. The van der Waals surface area contributed by atoms with E-state index in [4.69, 9.17) is 16.3 Å². The molecule has 0 aliphatic carbocycles. The number of hydrogen-bond acceptors (Lipinski definition) is 3. The van der Waals surface area contributed by atoms with Crippen molar-refractivity contribution < 1.29 is 14.3 Å². The molecule has 1 fully saturated rings. The first-order valence-corrected chi connectivity index (χ1v) is 9.55. The van der Waals surface area contributed by atoms with Crippen molar-refractivity contribution in [2.24, 2.45) is 0 Å². The molecule has 0 radical (unpaired) electrons. The molecule has 0 bridgehead atoms. The lowest BCUT2D eigenvalue weighted by Crippen LogP contribution is -2.27. The highest BCUT2D eigenvalue weighted by Crippen LogP contribution is 2.30. The van der Waals surface area contributed by atoms with E-state index < -0.39 is 0 Å². The Morgan fingerprint density at radius 1 is 1.29 bits per heavy atom. The summed E-state index contributed by atoms with van der Waals surface area (Å²) in [5.41, 5.74) is 2.10. The molecule has 28 heavy (non-hydrogen) atoms. The number of carbonyl (C=O) groups excluding carboxylic acids is 2. The summed E-state index contributed by atoms with van der Waals surface area (Å²) in [6.45, 7) is 5.17. The Balaban J connectivity index is 1.71. The first kappa shape index (κ1) is 20.0. The SMILES string of the molecule is C=CCOc1ccc(CN(C)C(=O)c2ccc(Cl)c(N3CCCC3=O)c2)cc1. The monoisotopic (exact) mass is 398 g/mol. The van der Waals surface area contributed by atoms with Crippen molar-refractivity contribution in [3.05, 3.63) is 71.3 Å². The molecule has 0 unspecified atom stereocenters. The van der Waals surface area contributed by atoms with Gasteiger partial charge in [-0.2, -0.15) is 0 Å². The molecule has 2 aromatic rings. The van der Waals surface area contributed by atoms with Gasteiger partial charge in [0, 0.05) is 32.1 Å². The van der Waals surface area contributed by atoms with Gasteiger partial charge in [-0.05, 0) is 42.3 Å². The van der Waals surface area contributed by atoms with Crippen LogP contribution in [-0.2, 0) is 11.3 Å². The van der Waals surface area contributed by atoms with Crippen molar-refractivity contribution in [1.29, 1.82) is 0 Å². The summed E-state index contributed by atoms with van der Waals surface area (Å²) in [6.07, 6.45) is 3.01. The van der Waals surface area contributed by atoms with E-state index in [1.807, 2.05) is 24.3 Å². The van der Waals surface area contributed by atoms with Gasteiger partial charge in [0.05, 0.1) is 10.7 Å². The van der Waals surface area contributed by atoms with Crippen LogP contribution in [0.5, 0.6) is 5.75 Å². The second-order valence-electron chi connectivity index (χ2n) is 6.72. The molecule has 1 aliphatic heterocycles. The summed E-state index contributed by atoms with van der Waals surface area (Å²) >= 11 is 6.27. The van der Waals surface area contributed by atoms with Crippen LogP contribution in [0.15, 0.2) is 55.1 Å². The summed E-state index contributed by atoms with van der Waals surface area (Å²) in [6, 6.07) is 12.7. The molecule has 0 spiro atoms. The van der Waals surface area contributed by atoms with E-state index in [0.717, 1.165) is 17.7 Å². The van der Waals surface area contributed by atoms with E-state index in [1.165, 1.54) is 0 Å². The van der Waals surface area contributed by atoms with Gasteiger partial charge in [-0.3, -0.25) is 9.59 Å². The maximum Gasteiger partial charge on any atom is 0.253 e. The summed E-state index contributed by atoms with van der Waals surface area (Å²) < 4.78 is 5.47. The van der Waals surface area contributed by atoms with Crippen LogP contribution in [0.3, 0.4) is 0 Å². The zero-order valence-corrected chi connectivity index (χ0v) is 16.6. The van der Waals surface area contributed by atoms with Gasteiger partial charge in [-0.25, -0.2) is 0 Å². The standard InChI is InChI=1S/C22H23ClN2O3/c1-3-13-28-18-9-6-16(7-10-18)15-24(2)22(27)17-8-11-19(23)20(14-17)25-12-4-5-21(25)26/h3,6-11,14H,1,4-5,12-13,15H2,2H3. The van der Waals surface area contributed by atoms with Crippen molar-refractivity contribution in [3.63, 3.8) is 0 Å². The molecule has 1 saturated heterocycles. The topological polar surface area (TPSA) is 49.9 Å². The minimum Gasteiger partial charge on any atom is -0.490 e. The van der Waals surface area contributed by atoms with Gasteiger partial charge in [0.1, 0.15) is 12.4 Å². The molecular formula is C22H23ClN2O3. The normalized spacial score (nSPS) is 13.5. The molecule has 0 atom stereocenters. The van der Waals surface area contributed by atoms with E-state index in [2.05, 4.69) is 6.58 Å². The third kappa shape index (κ3) is 4.54. The molecule has 0 N–H and O–H groups in total. The van der Waals surface area contributed by atoms with Crippen molar-refractivity contribution >= 4 is 29.1 Å². The summed E-state index contributed by atoms with van der Waals surface area (Å²) in [5.74, 6) is 0.672. The number of nitrogens with zero attached hydrogens (tertiary/aromatic N) is 2. The van der Waals surface area contributed by atoms with Gasteiger partial charge in [-0.15, -0.1) is 0 Å². The predicted octanol–water partition coefficient (Wildman–Crippen LogP) is 4.30. The van der Waals surface area contributed by atoms with E-state index in [-0.39, 0.29) is 11.8 Å². The van der Waals surface area contributed by atoms with Crippen molar-refractivity contribution in [2.45, 2.75) is 19.4 Å². The van der Waals surface area contributed by atoms with Gasteiger partial charge in [0.25, 0.3) is 5.91 Å². The maximum atomic E-state index is 12.9. The minimum absolute atomic E-state index is 0.0404. The van der Waals surface area contributed by atoms with Crippen LogP contribution in [0, 0.1) is 0 Å². The molecule has 1 aliphatic rings. The summed E-state index contributed by atoms with van der Waals surface area (Å²) in [4.78, 5) is 28.2. The van der Waals surface area contributed by atoms with E-state index in [9.17, 15) is 9.59 Å². The zero-order chi connectivity index (χ0) is 20.1. The third-order valence-corrected chi connectivity index (χ3v) is 4.93. The second kappa shape index (κ2) is 8.93. The first-order valence-electron chi connectivity index (χ1n) is 9.17. The van der Waals surface area contributed by atoms with Crippen LogP contribution >= 0.6 is 11.6 Å². The Kier molecular flexibility index (Phi) is 6.37. The fourth-order valence-corrected chi connectivity index (χ4v) is 3.39. The zero-order valence-electron chi connectivity index (χ0n) is 15.9. The Hall–Kier alpha value is -2.79. The maximum absolute atomic E-state index is 12.9. The van der Waals surface area contributed by atoms with Gasteiger partial charge >= 0.3 is 0 Å². The number of rotatable bonds is 7. The average molecular weight is 399 g/mol. The third-order valence-electron chi connectivity index (χ3n) is 4.61. The van der Waals surface area contributed by atoms with Crippen molar-refractivity contribution in [1.82, 2.24) is 4.90 Å². The quantitative estimate of drug-likeness (QED) is 0.653. The second-order valence-corrected chi connectivity index (χ2v) is 7.13. The highest BCUT2D eigenvalue weighted by Gasteiger charge is 2.25. The molecule has 3 rings (SSSR count). The molecule has 6 heteroatoms. The lowest BCUT2D eigenvalue weighted by atomic mass is 10.1. The van der Waals surface area contributed by atoms with Gasteiger partial charge < -0.3 is 14.5 Å². The number of amides is 2. The lowest BCUT2D eigenvalue weighted by Gasteiger charge is -2.21. The van der Waals surface area contributed by atoms with E-state index >= 15 is 0 Å². The Morgan fingerprint density at radius 3 is 2.68 bits per heavy atom. The molecule has 1 heterocycles. The molecular weight excluding hydrogens is 376 g/mol.